The number of aromatic hydroxyl groups is 1. The molecule has 0 amide bonds. The van der Waals surface area contributed by atoms with Gasteiger partial charge in [0, 0.05) is 41.5 Å². The lowest BCUT2D eigenvalue weighted by Crippen LogP contribution is -2.45. The van der Waals surface area contributed by atoms with Crippen LogP contribution in [0.5, 0.6) is 5.75 Å². The Morgan fingerprint density at radius 1 is 1.00 bits per heavy atom. The van der Waals surface area contributed by atoms with Gasteiger partial charge in [-0.2, -0.15) is 4.98 Å². The first-order valence-corrected chi connectivity index (χ1v) is 16.4. The molecule has 0 bridgehead atoms. The van der Waals surface area contributed by atoms with Crippen molar-refractivity contribution in [2.75, 3.05) is 13.1 Å². The van der Waals surface area contributed by atoms with Crippen molar-refractivity contribution in [1.29, 1.82) is 0 Å². The van der Waals surface area contributed by atoms with Crippen molar-refractivity contribution in [2.24, 2.45) is 11.1 Å². The molecule has 1 aliphatic heterocycles. The van der Waals surface area contributed by atoms with E-state index in [4.69, 9.17) is 10.3 Å². The highest BCUT2D eigenvalue weighted by molar-refractivity contribution is 5.75. The van der Waals surface area contributed by atoms with Gasteiger partial charge in [0.25, 0.3) is 5.89 Å². The Morgan fingerprint density at radius 3 is 2.28 bits per heavy atom. The number of phenols is 1. The van der Waals surface area contributed by atoms with Crippen molar-refractivity contribution in [3.63, 3.8) is 0 Å². The first kappa shape index (κ1) is 33.3. The number of benzene rings is 2. The molecule has 1 saturated carbocycles. The van der Waals surface area contributed by atoms with Crippen LogP contribution in [0, 0.1) is 5.41 Å². The van der Waals surface area contributed by atoms with Gasteiger partial charge in [-0.3, -0.25) is 14.7 Å². The quantitative estimate of drug-likeness (QED) is 0.185. The highest BCUT2D eigenvalue weighted by Crippen LogP contribution is 2.39. The average Bonchev–Trinajstić information content (AvgIpc) is 3.53. The molecule has 9 heteroatoms. The third-order valence-corrected chi connectivity index (χ3v) is 8.88. The fourth-order valence-corrected chi connectivity index (χ4v) is 6.37. The number of hydrogen-bond acceptors (Lipinski definition) is 8. The zero-order valence-electron chi connectivity index (χ0n) is 27.3. The molecule has 2 aliphatic rings. The smallest absolute Gasteiger partial charge is 0.310 e. The normalized spacial score (nSPS) is 17.2. The number of rotatable bonds is 8. The molecular formula is C37H47N5O4. The third-order valence-electron chi connectivity index (χ3n) is 8.88. The zero-order chi connectivity index (χ0) is 32.7. The van der Waals surface area contributed by atoms with Crippen LogP contribution < -0.4 is 5.73 Å². The van der Waals surface area contributed by atoms with Crippen molar-refractivity contribution >= 4 is 5.97 Å². The molecule has 46 heavy (non-hydrogen) atoms. The van der Waals surface area contributed by atoms with Crippen LogP contribution in [-0.4, -0.2) is 54.8 Å². The predicted molar refractivity (Wildman–Crippen MR) is 179 cm³/mol. The van der Waals surface area contributed by atoms with Gasteiger partial charge in [0.05, 0.1) is 5.41 Å². The Balaban J connectivity index is 0.000000775. The maximum atomic E-state index is 12.2. The van der Waals surface area contributed by atoms with E-state index in [1.807, 2.05) is 63.2 Å². The van der Waals surface area contributed by atoms with Gasteiger partial charge >= 0.3 is 5.97 Å². The molecule has 2 aromatic carbocycles. The summed E-state index contributed by atoms with van der Waals surface area (Å²) in [6, 6.07) is 19.4. The van der Waals surface area contributed by atoms with E-state index >= 15 is 0 Å². The van der Waals surface area contributed by atoms with Gasteiger partial charge < -0.3 is 20.5 Å². The van der Waals surface area contributed by atoms with Crippen molar-refractivity contribution < 1.29 is 19.5 Å². The molecule has 0 radical (unpaired) electrons. The summed E-state index contributed by atoms with van der Waals surface area (Å²) in [4.78, 5) is 23.5. The maximum Gasteiger partial charge on any atom is 0.310 e. The number of phenolic OH excluding ortho intramolecular Hbond substituents is 1. The number of pyridine rings is 1. The molecule has 1 saturated heterocycles. The lowest BCUT2D eigenvalue weighted by Gasteiger charge is -2.38. The number of carboxylic acid groups (broad SMARTS) is 1. The van der Waals surface area contributed by atoms with Gasteiger partial charge in [0.2, 0.25) is 5.82 Å². The van der Waals surface area contributed by atoms with Crippen LogP contribution in [0.2, 0.25) is 0 Å². The number of carboxylic acids is 1. The minimum Gasteiger partial charge on any atom is -0.508 e. The van der Waals surface area contributed by atoms with Crippen molar-refractivity contribution in [1.82, 2.24) is 20.0 Å². The number of carbonyl (C=O) groups is 1. The van der Waals surface area contributed by atoms with Crippen LogP contribution >= 0.6 is 0 Å². The molecule has 2 aromatic heterocycles. The van der Waals surface area contributed by atoms with Gasteiger partial charge in [0.1, 0.15) is 5.75 Å². The van der Waals surface area contributed by atoms with E-state index in [1.165, 1.54) is 19.3 Å². The summed E-state index contributed by atoms with van der Waals surface area (Å²) >= 11 is 0. The zero-order valence-corrected chi connectivity index (χ0v) is 27.3. The summed E-state index contributed by atoms with van der Waals surface area (Å²) in [5, 5.41) is 24.9. The van der Waals surface area contributed by atoms with E-state index in [0.29, 0.717) is 48.2 Å². The molecule has 2 fully saturated rings. The van der Waals surface area contributed by atoms with Crippen LogP contribution in [0.25, 0.3) is 22.8 Å². The number of likely N-dealkylation sites (tertiary alicyclic amines) is 1. The Bertz CT molecular complexity index is 1560. The highest BCUT2D eigenvalue weighted by atomic mass is 16.5. The predicted octanol–water partition coefficient (Wildman–Crippen LogP) is 7.21. The minimum absolute atomic E-state index is 0. The molecule has 4 N–H and O–H groups in total. The van der Waals surface area contributed by atoms with Crippen molar-refractivity contribution in [3.8, 4) is 28.6 Å². The summed E-state index contributed by atoms with van der Waals surface area (Å²) in [7, 11) is 0. The SMILES string of the molecule is CC(C)(C)N.O=C(O)C1(Cc2ccccn2)CCN(Cc2ccc(-c3noc(-c4ccc(C5CCCCC5)c(O)c4)n3)cc2)CC1. The second-order valence-electron chi connectivity index (χ2n) is 14.0. The fraction of sp³-hybridized carbons (Fsp3) is 0.459. The molecular weight excluding hydrogens is 578 g/mol. The Morgan fingerprint density at radius 2 is 1.67 bits per heavy atom. The van der Waals surface area contributed by atoms with Crippen LogP contribution in [-0.2, 0) is 17.8 Å². The van der Waals surface area contributed by atoms with E-state index in [0.717, 1.165) is 54.9 Å². The van der Waals surface area contributed by atoms with Crippen molar-refractivity contribution in [3.05, 3.63) is 83.7 Å². The largest absolute Gasteiger partial charge is 0.508 e. The summed E-state index contributed by atoms with van der Waals surface area (Å²) in [6.45, 7) is 8.10. The summed E-state index contributed by atoms with van der Waals surface area (Å²) in [5.74, 6) is 0.873. The van der Waals surface area contributed by atoms with Gasteiger partial charge in [-0.05, 0) is 101 Å². The minimum atomic E-state index is -0.766. The maximum absolute atomic E-state index is 12.2. The highest BCUT2D eigenvalue weighted by Gasteiger charge is 2.41. The summed E-state index contributed by atoms with van der Waals surface area (Å²) < 4.78 is 5.55. The molecule has 9 nitrogen and oxygen atoms in total. The Kier molecular flexibility index (Phi) is 10.5. The van der Waals surface area contributed by atoms with Gasteiger partial charge in [0.15, 0.2) is 0 Å². The van der Waals surface area contributed by atoms with E-state index in [2.05, 4.69) is 32.2 Å². The molecule has 4 aromatic rings. The van der Waals surface area contributed by atoms with Gasteiger partial charge in [-0.15, -0.1) is 0 Å². The first-order valence-electron chi connectivity index (χ1n) is 16.4. The topological polar surface area (TPSA) is 139 Å². The van der Waals surface area contributed by atoms with Gasteiger partial charge in [-0.1, -0.05) is 60.8 Å². The molecule has 0 spiro atoms. The lowest BCUT2D eigenvalue weighted by molar-refractivity contribution is -0.152. The van der Waals surface area contributed by atoms with Crippen LogP contribution in [0.1, 0.15) is 88.5 Å². The standard InChI is InChI=1S/C33H36N4O4.C4H11N/c38-29-20-26(13-14-28(29)24-6-2-1-3-7-24)31-35-30(36-41-31)25-11-9-23(10-12-25)22-37-18-15-33(16-19-37,32(39)40)21-27-8-4-5-17-34-27;1-4(2,3)5/h4-5,8-14,17,20,24,38H,1-3,6-7,15-16,18-19,21-22H2,(H,39,40);5H2,1-3H3. The number of piperidine rings is 1. The summed E-state index contributed by atoms with van der Waals surface area (Å²) in [5.41, 5.74) is 9.14. The molecule has 1 aliphatic carbocycles. The van der Waals surface area contributed by atoms with E-state index in [1.54, 1.807) is 12.3 Å². The number of aliphatic carboxylic acids is 1. The second kappa shape index (κ2) is 14.6. The monoisotopic (exact) mass is 625 g/mol. The first-order chi connectivity index (χ1) is 22.0. The fourth-order valence-electron chi connectivity index (χ4n) is 6.37. The van der Waals surface area contributed by atoms with E-state index in [-0.39, 0.29) is 5.54 Å². The van der Waals surface area contributed by atoms with Crippen LogP contribution in [0.15, 0.2) is 71.4 Å². The molecule has 3 heterocycles. The average molecular weight is 626 g/mol. The van der Waals surface area contributed by atoms with Crippen molar-refractivity contribution in [2.45, 2.75) is 90.1 Å². The molecule has 6 rings (SSSR count). The number of nitrogens with zero attached hydrogens (tertiary/aromatic N) is 4. The lowest BCUT2D eigenvalue weighted by atomic mass is 9.74. The molecule has 244 valence electrons. The third kappa shape index (κ3) is 8.79. The van der Waals surface area contributed by atoms with Crippen LogP contribution in [0.4, 0.5) is 0 Å². The number of hydrogen-bond donors (Lipinski definition) is 3. The molecule has 0 atom stereocenters. The Hall–Kier alpha value is -4.08. The van der Waals surface area contributed by atoms with E-state index < -0.39 is 11.4 Å². The molecule has 0 unspecified atom stereocenters. The second-order valence-corrected chi connectivity index (χ2v) is 14.0. The van der Waals surface area contributed by atoms with Crippen LogP contribution in [0.3, 0.4) is 0 Å². The summed E-state index contributed by atoms with van der Waals surface area (Å²) in [6.07, 6.45) is 9.34. The number of nitrogens with two attached hydrogens (primary N) is 1. The number of aromatic nitrogens is 3. The van der Waals surface area contributed by atoms with E-state index in [9.17, 15) is 15.0 Å². The van der Waals surface area contributed by atoms with Gasteiger partial charge in [-0.25, -0.2) is 0 Å². The Labute approximate surface area is 271 Å².